The molecule has 3 rings (SSSR count). The Hall–Kier alpha value is -2.54. The van der Waals surface area contributed by atoms with Crippen molar-refractivity contribution in [2.24, 2.45) is 0 Å². The third-order valence-electron chi connectivity index (χ3n) is 4.36. The fraction of sp³-hybridized carbons (Fsp3) is 0.400. The predicted molar refractivity (Wildman–Crippen MR) is 104 cm³/mol. The molecule has 144 valence electrons. The van der Waals surface area contributed by atoms with Crippen LogP contribution in [0.3, 0.4) is 0 Å². The molecule has 1 N–H and O–H groups in total. The van der Waals surface area contributed by atoms with Crippen LogP contribution in [0.4, 0.5) is 0 Å². The lowest BCUT2D eigenvalue weighted by atomic mass is 10.1. The van der Waals surface area contributed by atoms with Crippen molar-refractivity contribution >= 4 is 23.2 Å². The Morgan fingerprint density at radius 3 is 2.67 bits per heavy atom. The maximum absolute atomic E-state index is 12.9. The van der Waals surface area contributed by atoms with Crippen molar-refractivity contribution in [1.29, 1.82) is 0 Å². The van der Waals surface area contributed by atoms with E-state index in [-0.39, 0.29) is 24.3 Å². The fourth-order valence-electron chi connectivity index (χ4n) is 3.04. The number of hydrogen-bond acceptors (Lipinski definition) is 5. The molecule has 6 nitrogen and oxygen atoms in total. The SMILES string of the molecule is CCN(Cc1ccc2c(c1)OCCO2)C(=O)CC(NC(C)=O)c1cccs1. The van der Waals surface area contributed by atoms with Gasteiger partial charge in [0.15, 0.2) is 11.5 Å². The second-order valence-corrected chi connectivity index (χ2v) is 7.34. The van der Waals surface area contributed by atoms with E-state index in [9.17, 15) is 9.59 Å². The van der Waals surface area contributed by atoms with Gasteiger partial charge in [-0.05, 0) is 36.1 Å². The lowest BCUT2D eigenvalue weighted by molar-refractivity contribution is -0.132. The van der Waals surface area contributed by atoms with E-state index in [1.54, 1.807) is 4.90 Å². The maximum Gasteiger partial charge on any atom is 0.225 e. The number of nitrogens with zero attached hydrogens (tertiary/aromatic N) is 1. The third kappa shape index (κ3) is 5.01. The summed E-state index contributed by atoms with van der Waals surface area (Å²) in [5.74, 6) is 1.32. The summed E-state index contributed by atoms with van der Waals surface area (Å²) in [5, 5.41) is 4.83. The molecule has 0 bridgehead atoms. The second-order valence-electron chi connectivity index (χ2n) is 6.36. The summed E-state index contributed by atoms with van der Waals surface area (Å²) >= 11 is 1.54. The molecule has 0 saturated heterocycles. The van der Waals surface area contributed by atoms with Gasteiger partial charge in [0.25, 0.3) is 0 Å². The van der Waals surface area contributed by atoms with E-state index >= 15 is 0 Å². The zero-order chi connectivity index (χ0) is 19.2. The number of amides is 2. The minimum Gasteiger partial charge on any atom is -0.486 e. The Bertz CT molecular complexity index is 791. The van der Waals surface area contributed by atoms with Crippen LogP contribution in [-0.4, -0.2) is 36.5 Å². The monoisotopic (exact) mass is 388 g/mol. The summed E-state index contributed by atoms with van der Waals surface area (Å²) in [6.07, 6.45) is 0.235. The lowest BCUT2D eigenvalue weighted by Gasteiger charge is -2.25. The molecule has 2 heterocycles. The zero-order valence-electron chi connectivity index (χ0n) is 15.6. The number of fused-ring (bicyclic) bond motifs is 1. The molecular weight excluding hydrogens is 364 g/mol. The van der Waals surface area contributed by atoms with Crippen molar-refractivity contribution in [3.63, 3.8) is 0 Å². The van der Waals surface area contributed by atoms with Gasteiger partial charge in [-0.25, -0.2) is 0 Å². The topological polar surface area (TPSA) is 67.9 Å². The van der Waals surface area contributed by atoms with E-state index in [4.69, 9.17) is 9.47 Å². The molecular formula is C20H24N2O4S. The number of carbonyl (C=O) groups is 2. The summed E-state index contributed by atoms with van der Waals surface area (Å²) in [6.45, 7) is 5.59. The summed E-state index contributed by atoms with van der Waals surface area (Å²) in [4.78, 5) is 27.2. The molecule has 0 aliphatic carbocycles. The molecule has 1 aromatic heterocycles. The fourth-order valence-corrected chi connectivity index (χ4v) is 3.82. The molecule has 1 atom stereocenters. The zero-order valence-corrected chi connectivity index (χ0v) is 16.4. The predicted octanol–water partition coefficient (Wildman–Crippen LogP) is 3.14. The van der Waals surface area contributed by atoms with Crippen molar-refractivity contribution < 1.29 is 19.1 Å². The highest BCUT2D eigenvalue weighted by Gasteiger charge is 2.22. The average molecular weight is 388 g/mol. The Morgan fingerprint density at radius 1 is 1.22 bits per heavy atom. The first-order valence-electron chi connectivity index (χ1n) is 9.03. The summed E-state index contributed by atoms with van der Waals surface area (Å²) in [7, 11) is 0. The molecule has 0 spiro atoms. The maximum atomic E-state index is 12.9. The van der Waals surface area contributed by atoms with Gasteiger partial charge in [0.05, 0.1) is 12.5 Å². The Balaban J connectivity index is 1.68. The highest BCUT2D eigenvalue weighted by atomic mass is 32.1. The van der Waals surface area contributed by atoms with Gasteiger partial charge in [0, 0.05) is 24.9 Å². The largest absolute Gasteiger partial charge is 0.486 e. The van der Waals surface area contributed by atoms with Gasteiger partial charge in [-0.2, -0.15) is 0 Å². The lowest BCUT2D eigenvalue weighted by Crippen LogP contribution is -2.35. The van der Waals surface area contributed by atoms with Crippen LogP contribution in [-0.2, 0) is 16.1 Å². The number of rotatable bonds is 7. The van der Waals surface area contributed by atoms with Crippen LogP contribution >= 0.6 is 11.3 Å². The average Bonchev–Trinajstić information content (AvgIpc) is 3.19. The van der Waals surface area contributed by atoms with E-state index in [0.717, 1.165) is 21.9 Å². The van der Waals surface area contributed by atoms with Crippen molar-refractivity contribution in [2.45, 2.75) is 32.9 Å². The highest BCUT2D eigenvalue weighted by Crippen LogP contribution is 2.31. The van der Waals surface area contributed by atoms with E-state index in [1.807, 2.05) is 42.6 Å². The van der Waals surface area contributed by atoms with Crippen LogP contribution in [0, 0.1) is 0 Å². The van der Waals surface area contributed by atoms with Crippen LogP contribution in [0.15, 0.2) is 35.7 Å². The molecule has 27 heavy (non-hydrogen) atoms. The summed E-state index contributed by atoms with van der Waals surface area (Å²) < 4.78 is 11.2. The van der Waals surface area contributed by atoms with Crippen molar-refractivity contribution in [3.8, 4) is 11.5 Å². The van der Waals surface area contributed by atoms with Crippen molar-refractivity contribution in [2.75, 3.05) is 19.8 Å². The van der Waals surface area contributed by atoms with Gasteiger partial charge in [0.1, 0.15) is 13.2 Å². The van der Waals surface area contributed by atoms with Gasteiger partial charge in [-0.1, -0.05) is 12.1 Å². The first-order chi connectivity index (χ1) is 13.1. The van der Waals surface area contributed by atoms with Crippen LogP contribution in [0.5, 0.6) is 11.5 Å². The Labute approximate surface area is 163 Å². The first-order valence-corrected chi connectivity index (χ1v) is 9.91. The number of hydrogen-bond donors (Lipinski definition) is 1. The van der Waals surface area contributed by atoms with Crippen molar-refractivity contribution in [1.82, 2.24) is 10.2 Å². The van der Waals surface area contributed by atoms with Gasteiger partial charge in [0.2, 0.25) is 11.8 Å². The smallest absolute Gasteiger partial charge is 0.225 e. The Kier molecular flexibility index (Phi) is 6.34. The molecule has 0 radical (unpaired) electrons. The highest BCUT2D eigenvalue weighted by molar-refractivity contribution is 7.10. The summed E-state index contributed by atoms with van der Waals surface area (Å²) in [6, 6.07) is 9.32. The minimum atomic E-state index is -0.302. The molecule has 2 amide bonds. The molecule has 1 aliphatic heterocycles. The third-order valence-corrected chi connectivity index (χ3v) is 5.34. The van der Waals surface area contributed by atoms with Gasteiger partial charge in [-0.15, -0.1) is 11.3 Å². The number of ether oxygens (including phenoxy) is 2. The van der Waals surface area contributed by atoms with Crippen LogP contribution in [0.1, 0.15) is 36.8 Å². The molecule has 0 saturated carbocycles. The van der Waals surface area contributed by atoms with Crippen LogP contribution < -0.4 is 14.8 Å². The molecule has 1 aromatic carbocycles. The first kappa shape index (κ1) is 19.2. The van der Waals surface area contributed by atoms with E-state index in [0.29, 0.717) is 26.3 Å². The van der Waals surface area contributed by atoms with E-state index < -0.39 is 0 Å². The minimum absolute atomic E-state index is 0.000427. The number of benzene rings is 1. The second kappa shape index (κ2) is 8.90. The van der Waals surface area contributed by atoms with Gasteiger partial charge < -0.3 is 19.7 Å². The molecule has 1 unspecified atom stereocenters. The van der Waals surface area contributed by atoms with Crippen LogP contribution in [0.25, 0.3) is 0 Å². The Morgan fingerprint density at radius 2 is 2.00 bits per heavy atom. The van der Waals surface area contributed by atoms with E-state index in [1.165, 1.54) is 18.3 Å². The number of carbonyl (C=O) groups excluding carboxylic acids is 2. The van der Waals surface area contributed by atoms with Crippen molar-refractivity contribution in [3.05, 3.63) is 46.2 Å². The summed E-state index contributed by atoms with van der Waals surface area (Å²) in [5.41, 5.74) is 0.988. The quantitative estimate of drug-likeness (QED) is 0.791. The van der Waals surface area contributed by atoms with Crippen LogP contribution in [0.2, 0.25) is 0 Å². The molecule has 1 aliphatic rings. The van der Waals surface area contributed by atoms with Gasteiger partial charge in [-0.3, -0.25) is 9.59 Å². The van der Waals surface area contributed by atoms with E-state index in [2.05, 4.69) is 5.32 Å². The molecule has 0 fully saturated rings. The number of thiophene rings is 1. The normalized spacial score (nSPS) is 13.7. The number of nitrogens with one attached hydrogen (secondary N) is 1. The van der Waals surface area contributed by atoms with Gasteiger partial charge >= 0.3 is 0 Å². The molecule has 2 aromatic rings. The molecule has 7 heteroatoms. The standard InChI is InChI=1S/C20H24N2O4S/c1-3-22(13-15-6-7-17-18(11-15)26-9-8-25-17)20(24)12-16(21-14(2)23)19-5-4-10-27-19/h4-7,10-11,16H,3,8-9,12-13H2,1-2H3,(H,21,23).